The lowest BCUT2D eigenvalue weighted by atomic mass is 10.2. The van der Waals surface area contributed by atoms with E-state index in [2.05, 4.69) is 27.8 Å². The zero-order valence-corrected chi connectivity index (χ0v) is 13.5. The van der Waals surface area contributed by atoms with Gasteiger partial charge in [-0.15, -0.1) is 11.3 Å². The van der Waals surface area contributed by atoms with Crippen LogP contribution in [-0.2, 0) is 6.54 Å². The summed E-state index contributed by atoms with van der Waals surface area (Å²) in [7, 11) is 0. The molecule has 0 saturated heterocycles. The summed E-state index contributed by atoms with van der Waals surface area (Å²) in [5.41, 5.74) is 3.25. The molecule has 3 nitrogen and oxygen atoms in total. The van der Waals surface area contributed by atoms with Crippen molar-refractivity contribution in [1.82, 2.24) is 10.3 Å². The van der Waals surface area contributed by atoms with Crippen molar-refractivity contribution >= 4 is 33.8 Å². The molecule has 0 unspecified atom stereocenters. The average molecular weight is 325 g/mol. The average Bonchev–Trinajstić information content (AvgIpc) is 3.03. The molecule has 0 aliphatic heterocycles. The molecule has 0 atom stereocenters. The van der Waals surface area contributed by atoms with Gasteiger partial charge in [-0.2, -0.15) is 0 Å². The molecule has 2 aromatic carbocycles. The summed E-state index contributed by atoms with van der Waals surface area (Å²) < 4.78 is 0. The molecular formula is C17H15N3S2. The van der Waals surface area contributed by atoms with Crippen molar-refractivity contribution in [2.24, 2.45) is 0 Å². The van der Waals surface area contributed by atoms with Gasteiger partial charge in [0.2, 0.25) is 0 Å². The van der Waals surface area contributed by atoms with Gasteiger partial charge in [0.05, 0.1) is 5.69 Å². The van der Waals surface area contributed by atoms with Gasteiger partial charge in [-0.1, -0.05) is 60.7 Å². The second-order valence-electron chi connectivity index (χ2n) is 4.70. The van der Waals surface area contributed by atoms with Gasteiger partial charge in [0, 0.05) is 17.5 Å². The van der Waals surface area contributed by atoms with E-state index in [1.807, 2.05) is 53.9 Å². The Labute approximate surface area is 139 Å². The first kappa shape index (κ1) is 14.7. The molecule has 0 radical (unpaired) electrons. The van der Waals surface area contributed by atoms with Crippen molar-refractivity contribution in [3.05, 3.63) is 71.6 Å². The summed E-state index contributed by atoms with van der Waals surface area (Å²) >= 11 is 6.85. The minimum Gasteiger partial charge on any atom is -0.358 e. The second-order valence-corrected chi connectivity index (χ2v) is 5.96. The second kappa shape index (κ2) is 7.15. The quantitative estimate of drug-likeness (QED) is 0.701. The molecule has 0 aliphatic rings. The molecule has 3 aromatic rings. The fraction of sp³-hybridized carbons (Fsp3) is 0.0588. The van der Waals surface area contributed by atoms with Crippen molar-refractivity contribution in [3.8, 4) is 11.3 Å². The van der Waals surface area contributed by atoms with Crippen molar-refractivity contribution in [3.63, 3.8) is 0 Å². The highest BCUT2D eigenvalue weighted by atomic mass is 32.1. The van der Waals surface area contributed by atoms with Crippen molar-refractivity contribution in [1.29, 1.82) is 0 Å². The van der Waals surface area contributed by atoms with E-state index in [1.54, 1.807) is 11.3 Å². The van der Waals surface area contributed by atoms with Crippen LogP contribution in [0.4, 0.5) is 5.13 Å². The Morgan fingerprint density at radius 3 is 2.41 bits per heavy atom. The maximum Gasteiger partial charge on any atom is 0.189 e. The van der Waals surface area contributed by atoms with Gasteiger partial charge < -0.3 is 10.6 Å². The molecule has 0 saturated carbocycles. The number of benzene rings is 2. The molecule has 0 fully saturated rings. The highest BCUT2D eigenvalue weighted by molar-refractivity contribution is 7.80. The Hall–Kier alpha value is -2.24. The molecule has 0 amide bonds. The van der Waals surface area contributed by atoms with Crippen LogP contribution in [-0.4, -0.2) is 10.1 Å². The van der Waals surface area contributed by atoms with E-state index in [9.17, 15) is 0 Å². The molecular weight excluding hydrogens is 310 g/mol. The summed E-state index contributed by atoms with van der Waals surface area (Å²) in [5.74, 6) is 0. The summed E-state index contributed by atoms with van der Waals surface area (Å²) in [4.78, 5) is 4.56. The number of anilines is 1. The lowest BCUT2D eigenvalue weighted by molar-refractivity contribution is 0.925. The van der Waals surface area contributed by atoms with Crippen LogP contribution in [0.25, 0.3) is 11.3 Å². The molecule has 1 heterocycles. The number of thiazole rings is 1. The molecule has 0 spiro atoms. The molecule has 0 aliphatic carbocycles. The zero-order chi connectivity index (χ0) is 15.2. The molecule has 1 aromatic heterocycles. The van der Waals surface area contributed by atoms with E-state index in [1.165, 1.54) is 5.56 Å². The van der Waals surface area contributed by atoms with Crippen LogP contribution in [0.2, 0.25) is 0 Å². The summed E-state index contributed by atoms with van der Waals surface area (Å²) in [6, 6.07) is 20.3. The Kier molecular flexibility index (Phi) is 4.78. The standard InChI is InChI=1S/C17H15N3S2/c21-16(18-11-13-7-3-1-4-8-13)20-17-19-15(12-22-17)14-9-5-2-6-10-14/h1-10,12H,11H2,(H2,18,19,20,21). The van der Waals surface area contributed by atoms with Crippen LogP contribution in [0.15, 0.2) is 66.0 Å². The van der Waals surface area contributed by atoms with E-state index in [0.29, 0.717) is 11.7 Å². The van der Waals surface area contributed by atoms with Gasteiger partial charge >= 0.3 is 0 Å². The zero-order valence-electron chi connectivity index (χ0n) is 11.8. The number of hydrogen-bond acceptors (Lipinski definition) is 3. The maximum absolute atomic E-state index is 5.31. The smallest absolute Gasteiger partial charge is 0.189 e. The van der Waals surface area contributed by atoms with E-state index in [-0.39, 0.29) is 0 Å². The molecule has 22 heavy (non-hydrogen) atoms. The fourth-order valence-electron chi connectivity index (χ4n) is 1.99. The van der Waals surface area contributed by atoms with E-state index < -0.39 is 0 Å². The SMILES string of the molecule is S=C(NCc1ccccc1)Nc1nc(-c2ccccc2)cs1. The van der Waals surface area contributed by atoms with E-state index in [4.69, 9.17) is 12.2 Å². The minimum atomic E-state index is 0.581. The molecule has 2 N–H and O–H groups in total. The minimum absolute atomic E-state index is 0.581. The lowest BCUT2D eigenvalue weighted by Crippen LogP contribution is -2.27. The van der Waals surface area contributed by atoms with Gasteiger partial charge in [0.1, 0.15) is 0 Å². The Balaban J connectivity index is 1.57. The number of hydrogen-bond donors (Lipinski definition) is 2. The van der Waals surface area contributed by atoms with Gasteiger partial charge in [0.25, 0.3) is 0 Å². The predicted octanol–water partition coefficient (Wildman–Crippen LogP) is 4.30. The first-order valence-corrected chi connectivity index (χ1v) is 8.20. The normalized spacial score (nSPS) is 10.2. The van der Waals surface area contributed by atoms with Crippen molar-refractivity contribution in [2.45, 2.75) is 6.54 Å². The van der Waals surface area contributed by atoms with Crippen molar-refractivity contribution < 1.29 is 0 Å². The van der Waals surface area contributed by atoms with Crippen molar-refractivity contribution in [2.75, 3.05) is 5.32 Å². The fourth-order valence-corrected chi connectivity index (χ4v) is 2.95. The molecule has 5 heteroatoms. The van der Waals surface area contributed by atoms with Gasteiger partial charge in [-0.25, -0.2) is 4.98 Å². The van der Waals surface area contributed by atoms with Crippen LogP contribution in [0, 0.1) is 0 Å². The van der Waals surface area contributed by atoms with E-state index >= 15 is 0 Å². The molecule has 110 valence electrons. The largest absolute Gasteiger partial charge is 0.358 e. The number of rotatable bonds is 4. The van der Waals surface area contributed by atoms with Crippen LogP contribution in [0.3, 0.4) is 0 Å². The van der Waals surface area contributed by atoms with Gasteiger partial charge in [-0.3, -0.25) is 0 Å². The Morgan fingerprint density at radius 1 is 1.00 bits per heavy atom. The number of nitrogens with one attached hydrogen (secondary N) is 2. The third kappa shape index (κ3) is 3.90. The first-order valence-electron chi connectivity index (χ1n) is 6.91. The van der Waals surface area contributed by atoms with Gasteiger partial charge in [-0.05, 0) is 17.8 Å². The number of aromatic nitrogens is 1. The Bertz CT molecular complexity index is 739. The summed E-state index contributed by atoms with van der Waals surface area (Å²) in [6.45, 7) is 0.698. The van der Waals surface area contributed by atoms with Crippen LogP contribution in [0.1, 0.15) is 5.56 Å². The van der Waals surface area contributed by atoms with Crippen LogP contribution < -0.4 is 10.6 Å². The van der Waals surface area contributed by atoms with Gasteiger partial charge in [0.15, 0.2) is 10.2 Å². The predicted molar refractivity (Wildman–Crippen MR) is 97.1 cm³/mol. The first-order chi connectivity index (χ1) is 10.8. The topological polar surface area (TPSA) is 37.0 Å². The highest BCUT2D eigenvalue weighted by Gasteiger charge is 2.05. The highest BCUT2D eigenvalue weighted by Crippen LogP contribution is 2.24. The summed E-state index contributed by atoms with van der Waals surface area (Å²) in [6.07, 6.45) is 0. The molecule has 0 bridgehead atoms. The lowest BCUT2D eigenvalue weighted by Gasteiger charge is -2.08. The molecule has 3 rings (SSSR count). The third-order valence-electron chi connectivity index (χ3n) is 3.09. The third-order valence-corrected chi connectivity index (χ3v) is 4.09. The monoisotopic (exact) mass is 325 g/mol. The summed E-state index contributed by atoms with van der Waals surface area (Å²) in [5, 5.41) is 9.72. The number of nitrogens with zero attached hydrogens (tertiary/aromatic N) is 1. The number of thiocarbonyl (C=S) groups is 1. The Morgan fingerprint density at radius 2 is 1.68 bits per heavy atom. The van der Waals surface area contributed by atoms with E-state index in [0.717, 1.165) is 16.4 Å². The maximum atomic E-state index is 5.31. The van der Waals surface area contributed by atoms with Crippen LogP contribution >= 0.6 is 23.6 Å². The van der Waals surface area contributed by atoms with Crippen LogP contribution in [0.5, 0.6) is 0 Å².